The number of aliphatic hydroxyl groups excluding tert-OH is 1. The Morgan fingerprint density at radius 3 is 2.58 bits per heavy atom. The van der Waals surface area contributed by atoms with Crippen molar-refractivity contribution in [1.82, 2.24) is 4.90 Å². The molecule has 1 aromatic rings. The fourth-order valence-corrected chi connectivity index (χ4v) is 2.16. The van der Waals surface area contributed by atoms with Gasteiger partial charge in [-0.05, 0) is 31.4 Å². The minimum absolute atomic E-state index is 0.0839. The molecule has 1 rings (SSSR count). The molecule has 0 saturated heterocycles. The van der Waals surface area contributed by atoms with Crippen molar-refractivity contribution in [3.8, 4) is 0 Å². The smallest absolute Gasteiger partial charge is 0.225 e. The number of hydrogen-bond donors (Lipinski definition) is 1. The molecule has 1 aromatic carbocycles. The first-order valence-corrected chi connectivity index (χ1v) is 6.96. The Morgan fingerprint density at radius 1 is 1.37 bits per heavy atom. The number of halogens is 1. The molecule has 0 fully saturated rings. The number of hydrogen-bond acceptors (Lipinski definition) is 2. The van der Waals surface area contributed by atoms with Gasteiger partial charge in [-0.2, -0.15) is 0 Å². The number of nitrogens with zero attached hydrogens (tertiary/aromatic N) is 1. The molecule has 1 N–H and O–H groups in total. The van der Waals surface area contributed by atoms with Crippen molar-refractivity contribution < 1.29 is 9.90 Å². The summed E-state index contributed by atoms with van der Waals surface area (Å²) < 4.78 is 0. The average Bonchev–Trinajstić information content (AvgIpc) is 2.37. The van der Waals surface area contributed by atoms with Crippen LogP contribution in [0.25, 0.3) is 0 Å². The quantitative estimate of drug-likeness (QED) is 0.872. The minimum atomic E-state index is -0.380. The highest BCUT2D eigenvalue weighted by Gasteiger charge is 2.18. The number of carbonyl (C=O) groups excluding carboxylic acids is 1. The van der Waals surface area contributed by atoms with E-state index in [0.29, 0.717) is 24.4 Å². The molecule has 0 unspecified atom stereocenters. The molecule has 0 aliphatic rings. The second kappa shape index (κ2) is 7.51. The molecule has 1 amide bonds. The van der Waals surface area contributed by atoms with Gasteiger partial charge < -0.3 is 10.0 Å². The Labute approximate surface area is 120 Å². The second-order valence-corrected chi connectivity index (χ2v) is 5.50. The number of amides is 1. The molecule has 19 heavy (non-hydrogen) atoms. The molecule has 0 saturated carbocycles. The molecule has 0 aliphatic heterocycles. The zero-order chi connectivity index (χ0) is 14.4. The van der Waals surface area contributed by atoms with Crippen LogP contribution in [0.1, 0.15) is 25.8 Å². The molecule has 2 atom stereocenters. The Morgan fingerprint density at radius 2 is 2.00 bits per heavy atom. The van der Waals surface area contributed by atoms with Crippen LogP contribution in [-0.2, 0) is 11.2 Å². The number of aliphatic hydroxyl groups is 1. The van der Waals surface area contributed by atoms with Crippen LogP contribution in [0, 0.1) is 5.92 Å². The molecular weight excluding hydrogens is 262 g/mol. The van der Waals surface area contributed by atoms with Gasteiger partial charge in [0.05, 0.1) is 6.10 Å². The molecule has 3 nitrogen and oxygen atoms in total. The SMILES string of the molecule is C[C@H](O)CCN(C)C(=O)[C@H](C)Cc1ccccc1Cl. The molecule has 0 radical (unpaired) electrons. The van der Waals surface area contributed by atoms with Crippen LogP contribution in [0.2, 0.25) is 5.02 Å². The summed E-state index contributed by atoms with van der Waals surface area (Å²) in [6.07, 6.45) is 0.854. The normalized spacial score (nSPS) is 13.9. The average molecular weight is 284 g/mol. The lowest BCUT2D eigenvalue weighted by Crippen LogP contribution is -2.34. The van der Waals surface area contributed by atoms with E-state index in [0.717, 1.165) is 5.56 Å². The summed E-state index contributed by atoms with van der Waals surface area (Å²) in [6, 6.07) is 7.59. The van der Waals surface area contributed by atoms with E-state index in [2.05, 4.69) is 0 Å². The Hall–Kier alpha value is -1.06. The van der Waals surface area contributed by atoms with E-state index in [4.69, 9.17) is 11.6 Å². The van der Waals surface area contributed by atoms with Gasteiger partial charge in [-0.3, -0.25) is 4.79 Å². The van der Waals surface area contributed by atoms with Crippen molar-refractivity contribution in [2.45, 2.75) is 32.8 Å². The predicted octanol–water partition coefficient (Wildman–Crippen LogP) is 2.75. The van der Waals surface area contributed by atoms with Crippen molar-refractivity contribution in [1.29, 1.82) is 0 Å². The fourth-order valence-electron chi connectivity index (χ4n) is 1.95. The van der Waals surface area contributed by atoms with E-state index in [1.54, 1.807) is 18.9 Å². The van der Waals surface area contributed by atoms with E-state index in [9.17, 15) is 9.90 Å². The lowest BCUT2D eigenvalue weighted by atomic mass is 10.00. The van der Waals surface area contributed by atoms with Crippen LogP contribution in [0.3, 0.4) is 0 Å². The molecule has 0 heterocycles. The zero-order valence-electron chi connectivity index (χ0n) is 11.8. The van der Waals surface area contributed by atoms with E-state index in [-0.39, 0.29) is 17.9 Å². The van der Waals surface area contributed by atoms with Crippen molar-refractivity contribution in [3.05, 3.63) is 34.9 Å². The minimum Gasteiger partial charge on any atom is -0.393 e. The monoisotopic (exact) mass is 283 g/mol. The fraction of sp³-hybridized carbons (Fsp3) is 0.533. The highest BCUT2D eigenvalue weighted by atomic mass is 35.5. The molecule has 0 aliphatic carbocycles. The molecule has 0 spiro atoms. The first-order chi connectivity index (χ1) is 8.91. The number of benzene rings is 1. The van der Waals surface area contributed by atoms with E-state index >= 15 is 0 Å². The van der Waals surface area contributed by atoms with Crippen LogP contribution in [-0.4, -0.2) is 35.6 Å². The van der Waals surface area contributed by atoms with Crippen molar-refractivity contribution in [2.24, 2.45) is 5.92 Å². The van der Waals surface area contributed by atoms with Gasteiger partial charge in [-0.25, -0.2) is 0 Å². The van der Waals surface area contributed by atoms with Crippen molar-refractivity contribution >= 4 is 17.5 Å². The van der Waals surface area contributed by atoms with Crippen LogP contribution in [0.5, 0.6) is 0 Å². The van der Waals surface area contributed by atoms with Crippen LogP contribution >= 0.6 is 11.6 Å². The van der Waals surface area contributed by atoms with Gasteiger partial charge in [0.25, 0.3) is 0 Å². The summed E-state index contributed by atoms with van der Waals surface area (Å²) >= 11 is 6.10. The first-order valence-electron chi connectivity index (χ1n) is 6.58. The lowest BCUT2D eigenvalue weighted by molar-refractivity contribution is -0.133. The van der Waals surface area contributed by atoms with Gasteiger partial charge in [0.15, 0.2) is 0 Å². The van der Waals surface area contributed by atoms with Crippen LogP contribution in [0.15, 0.2) is 24.3 Å². The van der Waals surface area contributed by atoms with Crippen LogP contribution in [0.4, 0.5) is 0 Å². The van der Waals surface area contributed by atoms with Gasteiger partial charge in [-0.15, -0.1) is 0 Å². The number of carbonyl (C=O) groups is 1. The summed E-state index contributed by atoms with van der Waals surface area (Å²) in [5.74, 6) is -0.0283. The summed E-state index contributed by atoms with van der Waals surface area (Å²) in [7, 11) is 1.77. The van der Waals surface area contributed by atoms with E-state index < -0.39 is 0 Å². The van der Waals surface area contributed by atoms with Gasteiger partial charge in [0, 0.05) is 24.5 Å². The van der Waals surface area contributed by atoms with Crippen LogP contribution < -0.4 is 0 Å². The maximum Gasteiger partial charge on any atom is 0.225 e. The Bertz CT molecular complexity index is 420. The second-order valence-electron chi connectivity index (χ2n) is 5.09. The van der Waals surface area contributed by atoms with Gasteiger partial charge >= 0.3 is 0 Å². The maximum absolute atomic E-state index is 12.2. The summed E-state index contributed by atoms with van der Waals surface area (Å²) in [4.78, 5) is 13.8. The maximum atomic E-state index is 12.2. The van der Waals surface area contributed by atoms with E-state index in [1.165, 1.54) is 0 Å². The lowest BCUT2D eigenvalue weighted by Gasteiger charge is -2.22. The number of rotatable bonds is 6. The highest BCUT2D eigenvalue weighted by Crippen LogP contribution is 2.19. The third-order valence-corrected chi connectivity index (χ3v) is 3.53. The molecule has 106 valence electrons. The zero-order valence-corrected chi connectivity index (χ0v) is 12.5. The molecule has 0 aromatic heterocycles. The van der Waals surface area contributed by atoms with Gasteiger partial charge in [0.2, 0.25) is 5.91 Å². The largest absolute Gasteiger partial charge is 0.393 e. The Balaban J connectivity index is 2.55. The topological polar surface area (TPSA) is 40.5 Å². The van der Waals surface area contributed by atoms with Crippen molar-refractivity contribution in [2.75, 3.05) is 13.6 Å². The molecule has 0 bridgehead atoms. The Kier molecular flexibility index (Phi) is 6.32. The standard InChI is InChI=1S/C15H22ClNO2/c1-11(10-13-6-4-5-7-14(13)16)15(19)17(3)9-8-12(2)18/h4-7,11-12,18H,8-10H2,1-3H3/t11-,12+/m1/s1. The van der Waals surface area contributed by atoms with Crippen molar-refractivity contribution in [3.63, 3.8) is 0 Å². The third kappa shape index (κ3) is 5.21. The van der Waals surface area contributed by atoms with E-state index in [1.807, 2.05) is 31.2 Å². The molecule has 4 heteroatoms. The molecular formula is C15H22ClNO2. The summed E-state index contributed by atoms with van der Waals surface area (Å²) in [5, 5.41) is 9.94. The van der Waals surface area contributed by atoms with Gasteiger partial charge in [0.1, 0.15) is 0 Å². The predicted molar refractivity (Wildman–Crippen MR) is 78.3 cm³/mol. The first kappa shape index (κ1) is 16.0. The highest BCUT2D eigenvalue weighted by molar-refractivity contribution is 6.31. The third-order valence-electron chi connectivity index (χ3n) is 3.16. The van der Waals surface area contributed by atoms with Gasteiger partial charge in [-0.1, -0.05) is 36.7 Å². The summed E-state index contributed by atoms with van der Waals surface area (Å²) in [5.41, 5.74) is 0.994. The summed E-state index contributed by atoms with van der Waals surface area (Å²) in [6.45, 7) is 4.21.